The third kappa shape index (κ3) is 2.53. The molecule has 2 rings (SSSR count). The molecule has 0 aliphatic carbocycles. The lowest BCUT2D eigenvalue weighted by molar-refractivity contribution is -0.148. The zero-order valence-electron chi connectivity index (χ0n) is 10.8. The Morgan fingerprint density at radius 3 is 2.94 bits per heavy atom. The molecule has 0 saturated carbocycles. The van der Waals surface area contributed by atoms with Gasteiger partial charge in [-0.3, -0.25) is 9.69 Å². The summed E-state index contributed by atoms with van der Waals surface area (Å²) in [6.45, 7) is 5.69. The second-order valence-corrected chi connectivity index (χ2v) is 5.03. The normalized spacial score (nSPS) is 24.6. The minimum atomic E-state index is -0.684. The van der Waals surface area contributed by atoms with Crippen LogP contribution < -0.4 is 0 Å². The van der Waals surface area contributed by atoms with Crippen LogP contribution in [0.25, 0.3) is 0 Å². The van der Waals surface area contributed by atoms with Crippen molar-refractivity contribution in [2.75, 3.05) is 13.1 Å². The van der Waals surface area contributed by atoms with Crippen molar-refractivity contribution in [3.8, 4) is 0 Å². The molecule has 1 aliphatic rings. The van der Waals surface area contributed by atoms with Gasteiger partial charge in [0.05, 0.1) is 12.0 Å². The van der Waals surface area contributed by atoms with Crippen LogP contribution in [0.5, 0.6) is 0 Å². The fourth-order valence-corrected chi connectivity index (χ4v) is 2.66. The summed E-state index contributed by atoms with van der Waals surface area (Å²) < 4.78 is 4.92. The first kappa shape index (κ1) is 13.0. The molecule has 1 fully saturated rings. The van der Waals surface area contributed by atoms with Crippen molar-refractivity contribution in [2.45, 2.75) is 39.7 Å². The maximum Gasteiger partial charge on any atom is 0.310 e. The van der Waals surface area contributed by atoms with Gasteiger partial charge in [-0.25, -0.2) is 0 Å². The van der Waals surface area contributed by atoms with Gasteiger partial charge in [-0.2, -0.15) is 4.98 Å². The van der Waals surface area contributed by atoms with Crippen LogP contribution in [0, 0.1) is 12.3 Å². The average molecular weight is 253 g/mol. The van der Waals surface area contributed by atoms with E-state index in [2.05, 4.69) is 15.0 Å². The Labute approximate surface area is 106 Å². The summed E-state index contributed by atoms with van der Waals surface area (Å²) in [5.74, 6) is 0.489. The molecule has 0 aromatic carbocycles. The van der Waals surface area contributed by atoms with Gasteiger partial charge < -0.3 is 9.63 Å². The quantitative estimate of drug-likeness (QED) is 0.855. The number of rotatable bonds is 5. The van der Waals surface area contributed by atoms with Crippen molar-refractivity contribution in [3.05, 3.63) is 11.7 Å². The van der Waals surface area contributed by atoms with Crippen LogP contribution in [0.4, 0.5) is 0 Å². The number of aromatic nitrogens is 2. The first-order valence-corrected chi connectivity index (χ1v) is 6.31. The lowest BCUT2D eigenvalue weighted by Gasteiger charge is -2.23. The molecular weight excluding hydrogens is 234 g/mol. The third-order valence-corrected chi connectivity index (χ3v) is 3.55. The summed E-state index contributed by atoms with van der Waals surface area (Å²) in [5.41, 5.74) is -0.590. The summed E-state index contributed by atoms with van der Waals surface area (Å²) >= 11 is 0. The molecule has 0 radical (unpaired) electrons. The first-order chi connectivity index (χ1) is 8.55. The molecular formula is C12H19N3O3. The Morgan fingerprint density at radius 1 is 1.61 bits per heavy atom. The number of aliphatic carboxylic acids is 1. The lowest BCUT2D eigenvalue weighted by atomic mass is 9.83. The molecule has 1 aliphatic heterocycles. The molecule has 1 unspecified atom stereocenters. The maximum atomic E-state index is 11.4. The molecule has 0 spiro atoms. The summed E-state index contributed by atoms with van der Waals surface area (Å²) in [7, 11) is 0. The molecule has 6 nitrogen and oxygen atoms in total. The monoisotopic (exact) mass is 253 g/mol. The van der Waals surface area contributed by atoms with Gasteiger partial charge in [0.2, 0.25) is 5.89 Å². The summed E-state index contributed by atoms with van der Waals surface area (Å²) in [6, 6.07) is 0. The Bertz CT molecular complexity index is 432. The second-order valence-electron chi connectivity index (χ2n) is 5.03. The van der Waals surface area contributed by atoms with Crippen LogP contribution in [0.15, 0.2) is 4.52 Å². The largest absolute Gasteiger partial charge is 0.481 e. The number of carboxylic acid groups (broad SMARTS) is 1. The second kappa shape index (κ2) is 5.06. The van der Waals surface area contributed by atoms with E-state index in [1.165, 1.54) is 0 Å². The Kier molecular flexibility index (Phi) is 3.65. The maximum absolute atomic E-state index is 11.4. The number of hydrogen-bond acceptors (Lipinski definition) is 5. The van der Waals surface area contributed by atoms with Gasteiger partial charge >= 0.3 is 5.97 Å². The summed E-state index contributed by atoms with van der Waals surface area (Å²) in [4.78, 5) is 17.7. The molecule has 1 N–H and O–H groups in total. The van der Waals surface area contributed by atoms with E-state index in [1.807, 2.05) is 6.92 Å². The number of aryl methyl sites for hydroxylation is 1. The van der Waals surface area contributed by atoms with Gasteiger partial charge in [-0.1, -0.05) is 18.5 Å². The number of hydrogen-bond donors (Lipinski definition) is 1. The fraction of sp³-hybridized carbons (Fsp3) is 0.750. The van der Waals surface area contributed by atoms with E-state index >= 15 is 0 Å². The molecule has 1 aromatic heterocycles. The highest BCUT2D eigenvalue weighted by Crippen LogP contribution is 2.35. The highest BCUT2D eigenvalue weighted by Gasteiger charge is 2.44. The van der Waals surface area contributed by atoms with E-state index in [9.17, 15) is 9.90 Å². The van der Waals surface area contributed by atoms with Crippen molar-refractivity contribution in [1.29, 1.82) is 0 Å². The van der Waals surface area contributed by atoms with E-state index in [4.69, 9.17) is 4.52 Å². The Balaban J connectivity index is 2.00. The molecule has 1 aromatic rings. The van der Waals surface area contributed by atoms with E-state index in [1.54, 1.807) is 6.92 Å². The van der Waals surface area contributed by atoms with Crippen LogP contribution in [0.1, 0.15) is 37.9 Å². The van der Waals surface area contributed by atoms with Crippen molar-refractivity contribution >= 4 is 5.97 Å². The molecule has 0 amide bonds. The van der Waals surface area contributed by atoms with Crippen LogP contribution in [-0.4, -0.2) is 39.2 Å². The average Bonchev–Trinajstić information content (AvgIpc) is 2.88. The Hall–Kier alpha value is -1.43. The van der Waals surface area contributed by atoms with Gasteiger partial charge in [0, 0.05) is 13.5 Å². The topological polar surface area (TPSA) is 79.5 Å². The Morgan fingerprint density at radius 2 is 2.39 bits per heavy atom. The van der Waals surface area contributed by atoms with Crippen LogP contribution in [0.3, 0.4) is 0 Å². The zero-order chi connectivity index (χ0) is 13.2. The van der Waals surface area contributed by atoms with Crippen molar-refractivity contribution in [3.63, 3.8) is 0 Å². The molecule has 1 atom stereocenters. The van der Waals surface area contributed by atoms with Crippen LogP contribution >= 0.6 is 0 Å². The minimum absolute atomic E-state index is 0.544. The highest BCUT2D eigenvalue weighted by atomic mass is 16.5. The van der Waals surface area contributed by atoms with Crippen molar-refractivity contribution in [2.24, 2.45) is 5.41 Å². The van der Waals surface area contributed by atoms with Gasteiger partial charge in [0.25, 0.3) is 0 Å². The van der Waals surface area contributed by atoms with E-state index < -0.39 is 11.4 Å². The highest BCUT2D eigenvalue weighted by molar-refractivity contribution is 5.75. The standard InChI is InChI=1S/C12H19N3O3/c1-3-4-12(11(16)17)5-6-15(8-12)7-10-13-9(2)18-14-10/h3-8H2,1-2H3,(H,16,17). The number of nitrogens with zero attached hydrogens (tertiary/aromatic N) is 3. The predicted octanol–water partition coefficient (Wildman–Crippen LogP) is 1.45. The SMILES string of the molecule is CCCC1(C(=O)O)CCN(Cc2noc(C)n2)C1. The molecule has 1 saturated heterocycles. The van der Waals surface area contributed by atoms with Crippen LogP contribution in [0.2, 0.25) is 0 Å². The summed E-state index contributed by atoms with van der Waals surface area (Å²) in [6.07, 6.45) is 2.32. The number of likely N-dealkylation sites (tertiary alicyclic amines) is 1. The first-order valence-electron chi connectivity index (χ1n) is 6.31. The van der Waals surface area contributed by atoms with E-state index in [0.29, 0.717) is 31.2 Å². The summed E-state index contributed by atoms with van der Waals surface area (Å²) in [5, 5.41) is 13.2. The molecule has 6 heteroatoms. The van der Waals surface area contributed by atoms with Crippen molar-refractivity contribution in [1.82, 2.24) is 15.0 Å². The molecule has 2 heterocycles. The lowest BCUT2D eigenvalue weighted by Crippen LogP contribution is -2.34. The van der Waals surface area contributed by atoms with E-state index in [0.717, 1.165) is 19.4 Å². The van der Waals surface area contributed by atoms with Gasteiger partial charge in [-0.15, -0.1) is 0 Å². The van der Waals surface area contributed by atoms with Gasteiger partial charge in [0.1, 0.15) is 0 Å². The van der Waals surface area contributed by atoms with Crippen molar-refractivity contribution < 1.29 is 14.4 Å². The molecule has 18 heavy (non-hydrogen) atoms. The fourth-order valence-electron chi connectivity index (χ4n) is 2.66. The number of carboxylic acids is 1. The van der Waals surface area contributed by atoms with E-state index in [-0.39, 0.29) is 0 Å². The van der Waals surface area contributed by atoms with Crippen LogP contribution in [-0.2, 0) is 11.3 Å². The van der Waals surface area contributed by atoms with Gasteiger partial charge in [-0.05, 0) is 19.4 Å². The molecule has 100 valence electrons. The zero-order valence-corrected chi connectivity index (χ0v) is 10.8. The number of carbonyl (C=O) groups is 1. The predicted molar refractivity (Wildman–Crippen MR) is 63.9 cm³/mol. The minimum Gasteiger partial charge on any atom is -0.481 e. The van der Waals surface area contributed by atoms with Gasteiger partial charge in [0.15, 0.2) is 5.82 Å². The third-order valence-electron chi connectivity index (χ3n) is 3.55. The molecule has 0 bridgehead atoms. The smallest absolute Gasteiger partial charge is 0.310 e.